The highest BCUT2D eigenvalue weighted by atomic mass is 79.9. The first kappa shape index (κ1) is 14.1. The van der Waals surface area contributed by atoms with Gasteiger partial charge in [-0.1, -0.05) is 83.0 Å². The molecule has 18 heavy (non-hydrogen) atoms. The maximum atomic E-state index is 3.88. The van der Waals surface area contributed by atoms with Gasteiger partial charge in [0.05, 0.1) is 0 Å². The molecule has 2 atom stereocenters. The van der Waals surface area contributed by atoms with Crippen LogP contribution in [0.15, 0.2) is 40.9 Å². The fourth-order valence-electron chi connectivity index (χ4n) is 2.15. The van der Waals surface area contributed by atoms with Crippen LogP contribution in [-0.2, 0) is 0 Å². The van der Waals surface area contributed by atoms with Gasteiger partial charge in [0.25, 0.3) is 0 Å². The molecule has 0 saturated carbocycles. The highest BCUT2D eigenvalue weighted by Crippen LogP contribution is 2.40. The standard InChI is InChI=1S/C16H18Br2/c1-10(2)11(3)16(18)14-8-9-15(17)13-7-5-4-6-12(13)14/h4-11,16H,1-3H3. The maximum absolute atomic E-state index is 3.88. The summed E-state index contributed by atoms with van der Waals surface area (Å²) in [6.45, 7) is 6.86. The lowest BCUT2D eigenvalue weighted by atomic mass is 9.89. The molecule has 0 radical (unpaired) electrons. The van der Waals surface area contributed by atoms with Crippen LogP contribution in [0.25, 0.3) is 10.8 Å². The van der Waals surface area contributed by atoms with Gasteiger partial charge in [0.2, 0.25) is 0 Å². The van der Waals surface area contributed by atoms with Crippen molar-refractivity contribution in [2.45, 2.75) is 25.6 Å². The van der Waals surface area contributed by atoms with Crippen LogP contribution in [0.5, 0.6) is 0 Å². The van der Waals surface area contributed by atoms with Crippen LogP contribution in [0.3, 0.4) is 0 Å². The minimum atomic E-state index is 0.399. The normalized spacial score (nSPS) is 15.0. The molecule has 0 aliphatic heterocycles. The molecule has 0 bridgehead atoms. The molecule has 0 amide bonds. The fourth-order valence-corrected chi connectivity index (χ4v) is 3.63. The van der Waals surface area contributed by atoms with Crippen LogP contribution >= 0.6 is 31.9 Å². The van der Waals surface area contributed by atoms with Crippen LogP contribution in [-0.4, -0.2) is 0 Å². The molecule has 2 rings (SSSR count). The van der Waals surface area contributed by atoms with E-state index in [0.29, 0.717) is 16.7 Å². The molecular formula is C16H18Br2. The van der Waals surface area contributed by atoms with Crippen LogP contribution in [0, 0.1) is 11.8 Å². The van der Waals surface area contributed by atoms with E-state index in [1.165, 1.54) is 20.8 Å². The molecule has 0 N–H and O–H groups in total. The second-order valence-corrected chi connectivity index (χ2v) is 7.03. The minimum absolute atomic E-state index is 0.399. The zero-order valence-corrected chi connectivity index (χ0v) is 14.1. The SMILES string of the molecule is CC(C)C(C)C(Br)c1ccc(Br)c2ccccc12. The third-order valence-electron chi connectivity index (χ3n) is 3.71. The van der Waals surface area contributed by atoms with Crippen molar-refractivity contribution in [3.63, 3.8) is 0 Å². The summed E-state index contributed by atoms with van der Waals surface area (Å²) in [6, 6.07) is 13.0. The molecule has 2 unspecified atom stereocenters. The lowest BCUT2D eigenvalue weighted by Gasteiger charge is -2.23. The Labute approximate surface area is 126 Å². The Balaban J connectivity index is 2.55. The van der Waals surface area contributed by atoms with E-state index in [4.69, 9.17) is 0 Å². The summed E-state index contributed by atoms with van der Waals surface area (Å²) in [6.07, 6.45) is 0. The predicted octanol–water partition coefficient (Wildman–Crippen LogP) is 6.33. The molecule has 0 aliphatic carbocycles. The van der Waals surface area contributed by atoms with Crippen molar-refractivity contribution in [1.82, 2.24) is 0 Å². The fraction of sp³-hybridized carbons (Fsp3) is 0.375. The van der Waals surface area contributed by atoms with Crippen molar-refractivity contribution in [1.29, 1.82) is 0 Å². The molecule has 2 aromatic rings. The van der Waals surface area contributed by atoms with Gasteiger partial charge < -0.3 is 0 Å². The van der Waals surface area contributed by atoms with E-state index in [1.54, 1.807) is 0 Å². The minimum Gasteiger partial charge on any atom is -0.0836 e. The zero-order valence-electron chi connectivity index (χ0n) is 11.0. The molecular weight excluding hydrogens is 352 g/mol. The Kier molecular flexibility index (Phi) is 4.50. The van der Waals surface area contributed by atoms with Crippen molar-refractivity contribution in [2.24, 2.45) is 11.8 Å². The first-order chi connectivity index (χ1) is 8.52. The van der Waals surface area contributed by atoms with Gasteiger partial charge in [-0.15, -0.1) is 0 Å². The van der Waals surface area contributed by atoms with E-state index >= 15 is 0 Å². The van der Waals surface area contributed by atoms with Gasteiger partial charge >= 0.3 is 0 Å². The molecule has 96 valence electrons. The van der Waals surface area contributed by atoms with Gasteiger partial charge in [-0.2, -0.15) is 0 Å². The Morgan fingerprint density at radius 2 is 1.50 bits per heavy atom. The summed E-state index contributed by atoms with van der Waals surface area (Å²) < 4.78 is 1.17. The Bertz CT molecular complexity index is 546. The summed E-state index contributed by atoms with van der Waals surface area (Å²) >= 11 is 7.51. The van der Waals surface area contributed by atoms with Crippen LogP contribution in [0.4, 0.5) is 0 Å². The molecule has 0 aliphatic rings. The number of fused-ring (bicyclic) bond motifs is 1. The second kappa shape index (κ2) is 5.75. The van der Waals surface area contributed by atoms with E-state index in [0.717, 1.165) is 0 Å². The van der Waals surface area contributed by atoms with Crippen molar-refractivity contribution >= 4 is 42.6 Å². The predicted molar refractivity (Wildman–Crippen MR) is 87.3 cm³/mol. The van der Waals surface area contributed by atoms with E-state index < -0.39 is 0 Å². The average Bonchev–Trinajstić information content (AvgIpc) is 2.38. The molecule has 0 nitrogen and oxygen atoms in total. The summed E-state index contributed by atoms with van der Waals surface area (Å²) in [7, 11) is 0. The van der Waals surface area contributed by atoms with E-state index in [-0.39, 0.29) is 0 Å². The zero-order chi connectivity index (χ0) is 13.3. The van der Waals surface area contributed by atoms with Crippen molar-refractivity contribution < 1.29 is 0 Å². The molecule has 0 spiro atoms. The monoisotopic (exact) mass is 368 g/mol. The highest BCUT2D eigenvalue weighted by molar-refractivity contribution is 9.10. The van der Waals surface area contributed by atoms with E-state index in [9.17, 15) is 0 Å². The number of hydrogen-bond donors (Lipinski definition) is 0. The second-order valence-electron chi connectivity index (χ2n) is 5.19. The maximum Gasteiger partial charge on any atom is 0.0429 e. The lowest BCUT2D eigenvalue weighted by Crippen LogP contribution is -2.10. The lowest BCUT2D eigenvalue weighted by molar-refractivity contribution is 0.415. The summed E-state index contributed by atoms with van der Waals surface area (Å²) in [5.41, 5.74) is 1.38. The molecule has 0 heterocycles. The molecule has 0 fully saturated rings. The number of benzene rings is 2. The van der Waals surface area contributed by atoms with Gasteiger partial charge in [0, 0.05) is 9.30 Å². The number of halogens is 2. The molecule has 2 heteroatoms. The summed E-state index contributed by atoms with van der Waals surface area (Å²) in [5.74, 6) is 1.27. The Hall–Kier alpha value is -0.340. The third-order valence-corrected chi connectivity index (χ3v) is 5.73. The largest absolute Gasteiger partial charge is 0.0836 e. The highest BCUT2D eigenvalue weighted by Gasteiger charge is 2.21. The topological polar surface area (TPSA) is 0 Å². The molecule has 2 aromatic carbocycles. The molecule has 0 aromatic heterocycles. The number of hydrogen-bond acceptors (Lipinski definition) is 0. The van der Waals surface area contributed by atoms with Crippen LogP contribution in [0.1, 0.15) is 31.2 Å². The number of alkyl halides is 1. The van der Waals surface area contributed by atoms with Crippen LogP contribution in [0.2, 0.25) is 0 Å². The van der Waals surface area contributed by atoms with Gasteiger partial charge in [0.15, 0.2) is 0 Å². The van der Waals surface area contributed by atoms with E-state index in [2.05, 4.69) is 89.0 Å². The van der Waals surface area contributed by atoms with E-state index in [1.807, 2.05) is 0 Å². The smallest absolute Gasteiger partial charge is 0.0429 e. The van der Waals surface area contributed by atoms with Crippen LogP contribution < -0.4 is 0 Å². The Morgan fingerprint density at radius 1 is 0.889 bits per heavy atom. The summed E-state index contributed by atoms with van der Waals surface area (Å²) in [5, 5.41) is 2.62. The van der Waals surface area contributed by atoms with Gasteiger partial charge in [-0.3, -0.25) is 0 Å². The Morgan fingerprint density at radius 3 is 2.11 bits per heavy atom. The quantitative estimate of drug-likeness (QED) is 0.554. The average molecular weight is 370 g/mol. The molecule has 0 saturated heterocycles. The summed E-state index contributed by atoms with van der Waals surface area (Å²) in [4.78, 5) is 0.399. The first-order valence-corrected chi connectivity index (χ1v) is 8.04. The van der Waals surface area contributed by atoms with Gasteiger partial charge in [-0.05, 0) is 34.2 Å². The van der Waals surface area contributed by atoms with Crippen molar-refractivity contribution in [3.05, 3.63) is 46.4 Å². The number of rotatable bonds is 3. The van der Waals surface area contributed by atoms with Gasteiger partial charge in [0.1, 0.15) is 0 Å². The third kappa shape index (κ3) is 2.65. The van der Waals surface area contributed by atoms with Gasteiger partial charge in [-0.25, -0.2) is 0 Å². The van der Waals surface area contributed by atoms with Crippen molar-refractivity contribution in [2.75, 3.05) is 0 Å². The first-order valence-electron chi connectivity index (χ1n) is 6.33. The van der Waals surface area contributed by atoms with Crippen molar-refractivity contribution in [3.8, 4) is 0 Å².